The third-order valence-corrected chi connectivity index (χ3v) is 3.76. The molecule has 1 N–H and O–H groups in total. The van der Waals surface area contributed by atoms with Gasteiger partial charge in [0.2, 0.25) is 0 Å². The number of ether oxygens (including phenoxy) is 1. The molecule has 0 unspecified atom stereocenters. The molecule has 0 aromatic carbocycles. The van der Waals surface area contributed by atoms with Gasteiger partial charge in [-0.1, -0.05) is 0 Å². The van der Waals surface area contributed by atoms with E-state index in [1.54, 1.807) is 23.2 Å². The van der Waals surface area contributed by atoms with Crippen molar-refractivity contribution in [3.8, 4) is 5.75 Å². The standard InChI is InChI=1S/C16H25N3O3/c1-16(2,3)22-15(21)19-10-7-12(8-11-19)18(4)14-13(20)6-5-9-17-14/h5-6,9,12,20H,7-8,10-11H2,1-4H3. The van der Waals surface area contributed by atoms with Crippen molar-refractivity contribution in [1.82, 2.24) is 9.88 Å². The number of hydrogen-bond acceptors (Lipinski definition) is 5. The lowest BCUT2D eigenvalue weighted by Gasteiger charge is -2.37. The molecule has 2 heterocycles. The molecule has 22 heavy (non-hydrogen) atoms. The Morgan fingerprint density at radius 2 is 2.05 bits per heavy atom. The van der Waals surface area contributed by atoms with Crippen LogP contribution in [0.25, 0.3) is 0 Å². The number of likely N-dealkylation sites (tertiary alicyclic amines) is 1. The van der Waals surface area contributed by atoms with Crippen LogP contribution in [0.3, 0.4) is 0 Å². The van der Waals surface area contributed by atoms with E-state index in [1.807, 2.05) is 32.7 Å². The third kappa shape index (κ3) is 4.02. The fourth-order valence-corrected chi connectivity index (χ4v) is 2.60. The van der Waals surface area contributed by atoms with Crippen LogP contribution in [0, 0.1) is 0 Å². The zero-order valence-corrected chi connectivity index (χ0v) is 13.7. The molecular weight excluding hydrogens is 282 g/mol. The Hall–Kier alpha value is -1.98. The molecule has 1 aliphatic rings. The summed E-state index contributed by atoms with van der Waals surface area (Å²) in [5.74, 6) is 0.762. The van der Waals surface area contributed by atoms with Gasteiger partial charge in [-0.15, -0.1) is 0 Å². The molecule has 0 aliphatic carbocycles. The molecule has 1 aromatic rings. The van der Waals surface area contributed by atoms with E-state index in [2.05, 4.69) is 4.98 Å². The largest absolute Gasteiger partial charge is 0.504 e. The third-order valence-electron chi connectivity index (χ3n) is 3.76. The minimum absolute atomic E-state index is 0.180. The molecule has 1 aliphatic heterocycles. The number of anilines is 1. The van der Waals surface area contributed by atoms with Gasteiger partial charge in [0, 0.05) is 32.4 Å². The first kappa shape index (κ1) is 16.4. The Balaban J connectivity index is 1.92. The SMILES string of the molecule is CN(c1ncccc1O)C1CCN(C(=O)OC(C)(C)C)CC1. The lowest BCUT2D eigenvalue weighted by atomic mass is 10.0. The Morgan fingerprint density at radius 3 is 2.59 bits per heavy atom. The first-order valence-electron chi connectivity index (χ1n) is 7.62. The predicted octanol–water partition coefficient (Wildman–Crippen LogP) is 2.62. The van der Waals surface area contributed by atoms with E-state index in [4.69, 9.17) is 4.74 Å². The number of nitrogens with zero attached hydrogens (tertiary/aromatic N) is 3. The van der Waals surface area contributed by atoms with Crippen LogP contribution in [0.1, 0.15) is 33.6 Å². The number of rotatable bonds is 2. The van der Waals surface area contributed by atoms with Crippen molar-refractivity contribution in [1.29, 1.82) is 0 Å². The van der Waals surface area contributed by atoms with Crippen molar-refractivity contribution in [2.24, 2.45) is 0 Å². The van der Waals surface area contributed by atoms with Crippen LogP contribution >= 0.6 is 0 Å². The highest BCUT2D eigenvalue weighted by molar-refractivity contribution is 5.68. The van der Waals surface area contributed by atoms with Crippen LogP contribution in [0.5, 0.6) is 5.75 Å². The van der Waals surface area contributed by atoms with Gasteiger partial charge in [0.25, 0.3) is 0 Å². The van der Waals surface area contributed by atoms with Gasteiger partial charge in [-0.3, -0.25) is 0 Å². The van der Waals surface area contributed by atoms with Gasteiger partial charge < -0.3 is 19.6 Å². The summed E-state index contributed by atoms with van der Waals surface area (Å²) in [6.07, 6.45) is 3.06. The molecule has 1 aromatic heterocycles. The number of pyridine rings is 1. The number of aromatic nitrogens is 1. The van der Waals surface area contributed by atoms with Crippen LogP contribution in [0.15, 0.2) is 18.3 Å². The van der Waals surface area contributed by atoms with Crippen LogP contribution in [-0.4, -0.2) is 52.9 Å². The summed E-state index contributed by atoms with van der Waals surface area (Å²) >= 11 is 0. The molecule has 0 spiro atoms. The maximum atomic E-state index is 12.1. The summed E-state index contributed by atoms with van der Waals surface area (Å²) in [6.45, 7) is 6.91. The molecule has 1 saturated heterocycles. The van der Waals surface area contributed by atoms with Crippen molar-refractivity contribution >= 4 is 11.9 Å². The van der Waals surface area contributed by atoms with E-state index >= 15 is 0 Å². The molecule has 0 saturated carbocycles. The topological polar surface area (TPSA) is 65.9 Å². The first-order valence-corrected chi connectivity index (χ1v) is 7.62. The van der Waals surface area contributed by atoms with Crippen LogP contribution < -0.4 is 4.90 Å². The smallest absolute Gasteiger partial charge is 0.410 e. The van der Waals surface area contributed by atoms with Crippen molar-refractivity contribution in [2.45, 2.75) is 45.3 Å². The molecule has 1 amide bonds. The predicted molar refractivity (Wildman–Crippen MR) is 85.1 cm³/mol. The van der Waals surface area contributed by atoms with Crippen molar-refractivity contribution in [3.63, 3.8) is 0 Å². The first-order chi connectivity index (χ1) is 10.3. The van der Waals surface area contributed by atoms with Gasteiger partial charge in [0.05, 0.1) is 0 Å². The van der Waals surface area contributed by atoms with Gasteiger partial charge in [-0.2, -0.15) is 0 Å². The summed E-state index contributed by atoms with van der Waals surface area (Å²) in [7, 11) is 1.93. The lowest BCUT2D eigenvalue weighted by molar-refractivity contribution is 0.0205. The summed E-state index contributed by atoms with van der Waals surface area (Å²) in [4.78, 5) is 20.0. The van der Waals surface area contributed by atoms with E-state index in [0.29, 0.717) is 18.9 Å². The minimum Gasteiger partial charge on any atom is -0.504 e. The van der Waals surface area contributed by atoms with Gasteiger partial charge in [0.15, 0.2) is 11.6 Å². The number of carbonyl (C=O) groups is 1. The van der Waals surface area contributed by atoms with E-state index in [9.17, 15) is 9.90 Å². The van der Waals surface area contributed by atoms with Crippen LogP contribution in [0.2, 0.25) is 0 Å². The molecule has 0 atom stereocenters. The fourth-order valence-electron chi connectivity index (χ4n) is 2.60. The summed E-state index contributed by atoms with van der Waals surface area (Å²) < 4.78 is 5.40. The summed E-state index contributed by atoms with van der Waals surface area (Å²) in [5.41, 5.74) is -0.468. The van der Waals surface area contributed by atoms with Crippen LogP contribution in [-0.2, 0) is 4.74 Å². The average Bonchev–Trinajstić information content (AvgIpc) is 2.45. The van der Waals surface area contributed by atoms with E-state index in [1.165, 1.54) is 0 Å². The lowest BCUT2D eigenvalue weighted by Crippen LogP contribution is -2.47. The summed E-state index contributed by atoms with van der Waals surface area (Å²) in [5, 5.41) is 9.89. The van der Waals surface area contributed by atoms with E-state index in [-0.39, 0.29) is 17.9 Å². The Kier molecular flexibility index (Phi) is 4.78. The normalized spacial score (nSPS) is 16.5. The molecule has 2 rings (SSSR count). The maximum absolute atomic E-state index is 12.1. The fraction of sp³-hybridized carbons (Fsp3) is 0.625. The number of carbonyl (C=O) groups excluding carboxylic acids is 1. The highest BCUT2D eigenvalue weighted by Crippen LogP contribution is 2.27. The maximum Gasteiger partial charge on any atom is 0.410 e. The highest BCUT2D eigenvalue weighted by Gasteiger charge is 2.29. The highest BCUT2D eigenvalue weighted by atomic mass is 16.6. The molecule has 6 nitrogen and oxygen atoms in total. The molecular formula is C16H25N3O3. The van der Waals surface area contributed by atoms with Gasteiger partial charge in [-0.25, -0.2) is 9.78 Å². The number of amides is 1. The van der Waals surface area contributed by atoms with Crippen molar-refractivity contribution < 1.29 is 14.6 Å². The van der Waals surface area contributed by atoms with Crippen molar-refractivity contribution in [3.05, 3.63) is 18.3 Å². The van der Waals surface area contributed by atoms with E-state index < -0.39 is 5.60 Å². The molecule has 0 radical (unpaired) electrons. The van der Waals surface area contributed by atoms with Crippen LogP contribution in [0.4, 0.5) is 10.6 Å². The van der Waals surface area contributed by atoms with Gasteiger partial charge >= 0.3 is 6.09 Å². The van der Waals surface area contributed by atoms with Gasteiger partial charge in [0.1, 0.15) is 5.60 Å². The molecule has 6 heteroatoms. The minimum atomic E-state index is -0.468. The second kappa shape index (κ2) is 6.42. The average molecular weight is 307 g/mol. The Bertz CT molecular complexity index is 520. The second-order valence-electron chi connectivity index (χ2n) is 6.66. The Labute approximate surface area is 131 Å². The molecule has 0 bridgehead atoms. The number of aromatic hydroxyl groups is 1. The van der Waals surface area contributed by atoms with Crippen molar-refractivity contribution in [2.75, 3.05) is 25.0 Å². The quantitative estimate of drug-likeness (QED) is 0.910. The number of hydrogen-bond donors (Lipinski definition) is 1. The second-order valence-corrected chi connectivity index (χ2v) is 6.66. The zero-order chi connectivity index (χ0) is 16.3. The molecule has 122 valence electrons. The zero-order valence-electron chi connectivity index (χ0n) is 13.7. The molecule has 1 fully saturated rings. The van der Waals surface area contributed by atoms with Gasteiger partial charge in [-0.05, 0) is 45.7 Å². The monoisotopic (exact) mass is 307 g/mol. The Morgan fingerprint density at radius 1 is 1.41 bits per heavy atom. The number of piperidine rings is 1. The summed E-state index contributed by atoms with van der Waals surface area (Å²) in [6, 6.07) is 3.59. The van der Waals surface area contributed by atoms with E-state index in [0.717, 1.165) is 12.8 Å².